The van der Waals surface area contributed by atoms with Crippen molar-refractivity contribution >= 4 is 77.8 Å². The lowest BCUT2D eigenvalue weighted by Gasteiger charge is -2.21. The van der Waals surface area contributed by atoms with Gasteiger partial charge in [0.15, 0.2) is 5.82 Å². The van der Waals surface area contributed by atoms with E-state index in [0.29, 0.717) is 74.4 Å². The number of hydrogen-bond donors (Lipinski definition) is 6. The van der Waals surface area contributed by atoms with Crippen molar-refractivity contribution in [2.75, 3.05) is 60.7 Å². The number of nitrogens with one attached hydrogen (secondary N) is 4. The highest BCUT2D eigenvalue weighted by molar-refractivity contribution is 6.16. The van der Waals surface area contributed by atoms with Crippen molar-refractivity contribution in [2.45, 2.75) is 19.0 Å². The summed E-state index contributed by atoms with van der Waals surface area (Å²) in [7, 11) is 3.29. The van der Waals surface area contributed by atoms with Crippen LogP contribution in [0.2, 0.25) is 0 Å². The summed E-state index contributed by atoms with van der Waals surface area (Å²) in [6.07, 6.45) is 3.26. The Hall–Kier alpha value is -7.51. The number of halogens is 3. The molecule has 13 rings (SSSR count). The maximum Gasteiger partial charge on any atom is 0.326 e. The first kappa shape index (κ1) is 40.0. The van der Waals surface area contributed by atoms with Gasteiger partial charge >= 0.3 is 12.0 Å². The molecule has 4 unspecified atom stereocenters. The zero-order valence-electron chi connectivity index (χ0n) is 35.9. The summed E-state index contributed by atoms with van der Waals surface area (Å²) < 4.78 is 55.8. The van der Waals surface area contributed by atoms with Crippen molar-refractivity contribution < 1.29 is 22.6 Å². The Morgan fingerprint density at radius 2 is 1.21 bits per heavy atom. The summed E-state index contributed by atoms with van der Waals surface area (Å²) in [4.78, 5) is 38.0. The van der Waals surface area contributed by atoms with Crippen molar-refractivity contribution in [2.24, 2.45) is 35.1 Å². The molecule has 9 aromatic rings. The zero-order valence-corrected chi connectivity index (χ0v) is 35.9. The van der Waals surface area contributed by atoms with Crippen LogP contribution in [0.15, 0.2) is 73.1 Å². The van der Waals surface area contributed by atoms with Crippen LogP contribution in [0.4, 0.5) is 36.2 Å². The Morgan fingerprint density at radius 3 is 1.86 bits per heavy atom. The average Bonchev–Trinajstić information content (AvgIpc) is 3.75. The van der Waals surface area contributed by atoms with Gasteiger partial charge in [-0.15, -0.1) is 0 Å². The van der Waals surface area contributed by atoms with Gasteiger partial charge < -0.3 is 51.3 Å². The molecule has 3 aromatic carbocycles. The van der Waals surface area contributed by atoms with Crippen molar-refractivity contribution in [3.63, 3.8) is 0 Å². The van der Waals surface area contributed by atoms with E-state index in [1.54, 1.807) is 38.6 Å². The minimum Gasteiger partial charge on any atom is -0.423 e. The van der Waals surface area contributed by atoms with Gasteiger partial charge in [-0.1, -0.05) is 18.2 Å². The number of H-pyrrole nitrogens is 2. The van der Waals surface area contributed by atoms with Crippen molar-refractivity contribution in [3.8, 4) is 23.5 Å². The predicted octanol–water partition coefficient (Wildman–Crippen LogP) is 7.35. The molecule has 8 N–H and O–H groups in total. The number of aromatic nitrogens is 8. The summed E-state index contributed by atoms with van der Waals surface area (Å²) in [5.41, 5.74) is 16.5. The highest BCUT2D eigenvalue weighted by atomic mass is 19.1. The van der Waals surface area contributed by atoms with Gasteiger partial charge in [0.2, 0.25) is 0 Å². The Bertz CT molecular complexity index is 3400. The van der Waals surface area contributed by atoms with Crippen LogP contribution in [-0.4, -0.2) is 92.2 Å². The van der Waals surface area contributed by atoms with E-state index in [-0.39, 0.29) is 41.0 Å². The van der Waals surface area contributed by atoms with Crippen molar-refractivity contribution in [1.29, 1.82) is 0 Å². The molecule has 4 aliphatic rings. The van der Waals surface area contributed by atoms with E-state index in [9.17, 15) is 8.78 Å². The first-order valence-corrected chi connectivity index (χ1v) is 21.8. The number of para-hydroxylation sites is 1. The minimum absolute atomic E-state index is 0.0986. The molecule has 66 heavy (non-hydrogen) atoms. The summed E-state index contributed by atoms with van der Waals surface area (Å²) in [6.45, 7) is 4.99. The first-order valence-electron chi connectivity index (χ1n) is 21.8. The van der Waals surface area contributed by atoms with E-state index >= 15 is 4.39 Å². The number of fused-ring (bicyclic) bond motifs is 9. The second-order valence-electron chi connectivity index (χ2n) is 17.5. The molecule has 8 heterocycles. The number of piperidine rings is 2. The molecule has 334 valence electrons. The fourth-order valence-corrected chi connectivity index (χ4v) is 10.0. The Kier molecular flexibility index (Phi) is 9.12. The number of aromatic amines is 2. The second kappa shape index (κ2) is 15.0. The summed E-state index contributed by atoms with van der Waals surface area (Å²) in [5, 5.41) is 9.18. The maximum absolute atomic E-state index is 15.0. The van der Waals surface area contributed by atoms with Gasteiger partial charge in [-0.2, -0.15) is 19.9 Å². The molecule has 16 nitrogen and oxygen atoms in total. The van der Waals surface area contributed by atoms with E-state index in [1.165, 1.54) is 6.07 Å². The fourth-order valence-electron chi connectivity index (χ4n) is 10.0. The van der Waals surface area contributed by atoms with Crippen LogP contribution in [0.1, 0.15) is 5.69 Å². The molecule has 4 atom stereocenters. The lowest BCUT2D eigenvalue weighted by molar-refractivity contribution is 0.441. The van der Waals surface area contributed by atoms with Gasteiger partial charge in [0.25, 0.3) is 0 Å². The molecule has 0 amide bonds. The summed E-state index contributed by atoms with van der Waals surface area (Å²) in [6, 6.07) is 18.2. The number of rotatable bonds is 8. The third kappa shape index (κ3) is 6.51. The van der Waals surface area contributed by atoms with E-state index in [1.807, 2.05) is 43.3 Å². The first-order chi connectivity index (χ1) is 32.0. The smallest absolute Gasteiger partial charge is 0.326 e. The molecule has 19 heteroatoms. The zero-order chi connectivity index (χ0) is 45.1. The van der Waals surface area contributed by atoms with E-state index < -0.39 is 11.6 Å². The number of ether oxygens (including phenoxy) is 2. The van der Waals surface area contributed by atoms with Crippen LogP contribution in [0, 0.1) is 48.0 Å². The number of nitrogens with zero attached hydrogens (tertiary/aromatic N) is 8. The average molecular weight is 893 g/mol. The van der Waals surface area contributed by atoms with E-state index in [4.69, 9.17) is 25.9 Å². The lowest BCUT2D eigenvalue weighted by atomic mass is 10.1. The largest absolute Gasteiger partial charge is 0.423 e. The quantitative estimate of drug-likeness (QED) is 0.0882. The topological polar surface area (TPSA) is 210 Å². The van der Waals surface area contributed by atoms with Gasteiger partial charge in [-0.05, 0) is 67.0 Å². The number of nitrogens with two attached hydrogens (primary N) is 2. The van der Waals surface area contributed by atoms with E-state index in [2.05, 4.69) is 55.3 Å². The number of benzene rings is 3. The second-order valence-corrected chi connectivity index (χ2v) is 17.5. The highest BCUT2D eigenvalue weighted by Crippen LogP contribution is 2.49. The maximum atomic E-state index is 15.0. The Labute approximate surface area is 373 Å². The Balaban J connectivity index is 0.000000138. The SMILES string of the molecule is CNc1c(F)cc(F)c2c1[nH]c1nc(Oc3ccc(C)nc3)nc(N3CC4C(N)C4C3)c12.CNc1c(F)ccc2c1[nH]c1nc(Oc3cnc4ccccc4c3)nc(N3CC4C(N)C4C3)c12. The number of pyridine rings is 2. The molecular formula is C47H43F3N14O2. The Morgan fingerprint density at radius 1 is 0.621 bits per heavy atom. The molecule has 0 bridgehead atoms. The minimum atomic E-state index is -0.686. The third-order valence-electron chi connectivity index (χ3n) is 13.6. The fraction of sp³-hybridized carbons (Fsp3) is 0.277. The van der Waals surface area contributed by atoms with Crippen LogP contribution >= 0.6 is 0 Å². The van der Waals surface area contributed by atoms with Gasteiger partial charge in [0, 0.05) is 74.9 Å². The molecule has 2 saturated heterocycles. The molecular weight excluding hydrogens is 850 g/mol. The van der Waals surface area contributed by atoms with Crippen molar-refractivity contribution in [3.05, 3.63) is 96.2 Å². The van der Waals surface area contributed by atoms with Crippen LogP contribution < -0.4 is 41.4 Å². The predicted molar refractivity (Wildman–Crippen MR) is 247 cm³/mol. The van der Waals surface area contributed by atoms with Gasteiger partial charge in [-0.25, -0.2) is 13.2 Å². The molecule has 2 aliphatic carbocycles. The van der Waals surface area contributed by atoms with Gasteiger partial charge in [-0.3, -0.25) is 9.97 Å². The summed E-state index contributed by atoms with van der Waals surface area (Å²) >= 11 is 0. The molecule has 2 saturated carbocycles. The van der Waals surface area contributed by atoms with Crippen LogP contribution in [0.3, 0.4) is 0 Å². The third-order valence-corrected chi connectivity index (χ3v) is 13.6. The van der Waals surface area contributed by atoms with Crippen LogP contribution in [0.5, 0.6) is 23.5 Å². The molecule has 6 aromatic heterocycles. The molecule has 4 fully saturated rings. The molecule has 0 radical (unpaired) electrons. The number of hydrogen-bond acceptors (Lipinski definition) is 14. The van der Waals surface area contributed by atoms with Crippen molar-refractivity contribution in [1.82, 2.24) is 39.9 Å². The lowest BCUT2D eigenvalue weighted by Crippen LogP contribution is -2.29. The molecule has 2 aliphatic heterocycles. The van der Waals surface area contributed by atoms with Crippen LogP contribution in [0.25, 0.3) is 54.8 Å². The van der Waals surface area contributed by atoms with Crippen LogP contribution in [-0.2, 0) is 0 Å². The summed E-state index contributed by atoms with van der Waals surface area (Å²) in [5.74, 6) is 2.41. The number of anilines is 4. The monoisotopic (exact) mass is 892 g/mol. The van der Waals surface area contributed by atoms with Gasteiger partial charge in [0.1, 0.15) is 46.1 Å². The normalized spacial score (nSPS) is 21.6. The highest BCUT2D eigenvalue weighted by Gasteiger charge is 2.55. The number of aryl methyl sites for hydroxylation is 1. The van der Waals surface area contributed by atoms with E-state index in [0.717, 1.165) is 65.4 Å². The standard InChI is InChI=1S/C25H22FN7O.C22H21F2N7O/c1-28-22-17(26)7-6-14-19-23(30-21(14)22)31-25(32-24(19)33-10-15-16(11-33)20(15)27)34-13-8-12-4-2-3-5-18(12)29-9-13;1-9-3-4-10(6-27-9)32-22-29-20-16(21(30-22)31-7-11-12(8-31)17(11)25)15-13(23)5-14(24)18(26-2)19(15)28-20/h2-9,15-16,20,28H,10-11,27H2,1H3,(H,30,31,32);3-6,11-12,17,26H,7-8,25H2,1-2H3,(H,28,29,30). The van der Waals surface area contributed by atoms with Gasteiger partial charge in [0.05, 0.1) is 56.5 Å². The molecule has 0 spiro atoms.